The van der Waals surface area contributed by atoms with Crippen LogP contribution in [0.25, 0.3) is 0 Å². The fourth-order valence-electron chi connectivity index (χ4n) is 3.85. The molecule has 1 aliphatic rings. The molecule has 0 saturated carbocycles. The third kappa shape index (κ3) is 6.03. The van der Waals surface area contributed by atoms with Crippen LogP contribution in [0, 0.1) is 18.7 Å². The van der Waals surface area contributed by atoms with Crippen LogP contribution in [0.1, 0.15) is 33.9 Å². The second kappa shape index (κ2) is 11.2. The highest BCUT2D eigenvalue weighted by Gasteiger charge is 2.23. The third-order valence-corrected chi connectivity index (χ3v) is 5.45. The Kier molecular flexibility index (Phi) is 8.13. The van der Waals surface area contributed by atoms with E-state index in [0.29, 0.717) is 30.3 Å². The van der Waals surface area contributed by atoms with Crippen LogP contribution in [-0.2, 0) is 6.42 Å². The van der Waals surface area contributed by atoms with Gasteiger partial charge >= 0.3 is 6.03 Å². The summed E-state index contributed by atoms with van der Waals surface area (Å²) in [5.74, 6) is 0.518. The Hall–Kier alpha value is -3.49. The van der Waals surface area contributed by atoms with Crippen LogP contribution in [0.3, 0.4) is 0 Å². The van der Waals surface area contributed by atoms with Gasteiger partial charge in [0.1, 0.15) is 0 Å². The predicted octanol–water partition coefficient (Wildman–Crippen LogP) is 4.19. The zero-order valence-electron chi connectivity index (χ0n) is 18.5. The molecule has 174 valence electrons. The Labute approximate surface area is 190 Å². The summed E-state index contributed by atoms with van der Waals surface area (Å²) in [6.07, 6.45) is 8.74. The average molecular weight is 444 g/mol. The van der Waals surface area contributed by atoms with Gasteiger partial charge in [-0.05, 0) is 75.1 Å². The molecule has 0 spiro atoms. The molecule has 2 amide bonds. The molecule has 1 aliphatic heterocycles. The molecule has 32 heavy (non-hydrogen) atoms. The largest absolute Gasteiger partial charge is 0.405 e. The van der Waals surface area contributed by atoms with Crippen LogP contribution in [-0.4, -0.2) is 41.8 Å². The van der Waals surface area contributed by atoms with Gasteiger partial charge in [0.15, 0.2) is 17.5 Å². The fourth-order valence-corrected chi connectivity index (χ4v) is 3.85. The van der Waals surface area contributed by atoms with Crippen molar-refractivity contribution >= 4 is 29.6 Å². The molecule has 1 fully saturated rings. The molecule has 3 heterocycles. The zero-order chi connectivity index (χ0) is 22.9. The lowest BCUT2D eigenvalue weighted by Crippen LogP contribution is -2.35. The molecule has 8 nitrogen and oxygen atoms in total. The predicted molar refractivity (Wildman–Crippen MR) is 130 cm³/mol. The van der Waals surface area contributed by atoms with Crippen LogP contribution in [0.5, 0.6) is 0 Å². The normalized spacial score (nSPS) is 14.9. The summed E-state index contributed by atoms with van der Waals surface area (Å²) in [5, 5.41) is 5.05. The van der Waals surface area contributed by atoms with E-state index in [0.717, 1.165) is 37.3 Å². The number of amides is 2. The lowest BCUT2D eigenvalue weighted by molar-refractivity contribution is 0.252. The first kappa shape index (κ1) is 23.2. The highest BCUT2D eigenvalue weighted by molar-refractivity contribution is 5.88. The lowest BCUT2D eigenvalue weighted by atomic mass is 9.90. The van der Waals surface area contributed by atoms with Gasteiger partial charge in [-0.3, -0.25) is 5.32 Å². The van der Waals surface area contributed by atoms with Gasteiger partial charge in [0.25, 0.3) is 0 Å². The standard InChI is InChI=1S/C23H30FN7O.2H2/c1-3-26-23(32)30-22-21(24)18(7-12-28-22)15-17-8-13-31(14-9-17)19-5-6-20(29-16(19)2)27-11-4-10-25;;/h4-7,10-12,17H,3,8-9,13-15,25H2,1-2H3,(H2,26,28,30,32);2*1H/b10-4-,27-11?;;. The minimum Gasteiger partial charge on any atom is -0.405 e. The van der Waals surface area contributed by atoms with Crippen LogP contribution in [0.15, 0.2) is 41.7 Å². The van der Waals surface area contributed by atoms with Crippen molar-refractivity contribution in [2.75, 3.05) is 29.9 Å². The molecule has 2 aromatic heterocycles. The molecule has 0 aliphatic carbocycles. The minimum absolute atomic E-state index is 0. The number of piperidine rings is 1. The lowest BCUT2D eigenvalue weighted by Gasteiger charge is -2.34. The summed E-state index contributed by atoms with van der Waals surface area (Å²) in [7, 11) is 0. The molecular formula is C23H34FN7O. The molecule has 0 atom stereocenters. The van der Waals surface area contributed by atoms with E-state index >= 15 is 0 Å². The maximum atomic E-state index is 14.8. The number of nitrogens with one attached hydrogen (secondary N) is 2. The molecule has 1 saturated heterocycles. The highest BCUT2D eigenvalue weighted by atomic mass is 19.1. The number of hydrogen-bond donors (Lipinski definition) is 3. The van der Waals surface area contributed by atoms with E-state index < -0.39 is 11.8 Å². The molecule has 0 bridgehead atoms. The second-order valence-corrected chi connectivity index (χ2v) is 7.69. The number of allylic oxidation sites excluding steroid dienone is 1. The van der Waals surface area contributed by atoms with Crippen LogP contribution < -0.4 is 21.3 Å². The van der Waals surface area contributed by atoms with Crippen molar-refractivity contribution in [2.45, 2.75) is 33.1 Å². The SMILES string of the molecule is CCNC(=O)Nc1nccc(CC2CCN(c3ccc(N=C/C=C\N)nc3C)CC2)c1F.[HH].[HH]. The van der Waals surface area contributed by atoms with Crippen LogP contribution in [0.2, 0.25) is 0 Å². The number of anilines is 2. The summed E-state index contributed by atoms with van der Waals surface area (Å²) in [4.78, 5) is 26.8. The van der Waals surface area contributed by atoms with E-state index in [2.05, 4.69) is 30.5 Å². The molecule has 9 heteroatoms. The number of pyridine rings is 2. The van der Waals surface area contributed by atoms with Crippen molar-refractivity contribution in [3.63, 3.8) is 0 Å². The number of nitrogens with zero attached hydrogens (tertiary/aromatic N) is 4. The Bertz CT molecular complexity index is 995. The molecule has 0 radical (unpaired) electrons. The number of aryl methyl sites for hydroxylation is 1. The Morgan fingerprint density at radius 2 is 2.16 bits per heavy atom. The number of halogens is 1. The second-order valence-electron chi connectivity index (χ2n) is 7.69. The van der Waals surface area contributed by atoms with Crippen LogP contribution >= 0.6 is 0 Å². The number of rotatable bonds is 7. The first-order chi connectivity index (χ1) is 15.5. The molecular weight excluding hydrogens is 409 g/mol. The van der Waals surface area contributed by atoms with Gasteiger partial charge in [-0.1, -0.05) is 0 Å². The van der Waals surface area contributed by atoms with Gasteiger partial charge in [0, 0.05) is 34.9 Å². The van der Waals surface area contributed by atoms with Gasteiger partial charge in [0.2, 0.25) is 0 Å². The molecule has 4 N–H and O–H groups in total. The third-order valence-electron chi connectivity index (χ3n) is 5.45. The Balaban J connectivity index is 0.00000289. The molecule has 3 rings (SSSR count). The van der Waals surface area contributed by atoms with Crippen molar-refractivity contribution < 1.29 is 12.0 Å². The summed E-state index contributed by atoms with van der Waals surface area (Å²) < 4.78 is 14.8. The van der Waals surface area contributed by atoms with Crippen molar-refractivity contribution in [2.24, 2.45) is 16.6 Å². The maximum Gasteiger partial charge on any atom is 0.320 e. The first-order valence-electron chi connectivity index (χ1n) is 10.8. The van der Waals surface area contributed by atoms with Crippen molar-refractivity contribution in [1.29, 1.82) is 0 Å². The number of carbonyl (C=O) groups is 1. The molecule has 0 aromatic carbocycles. The van der Waals surface area contributed by atoms with Gasteiger partial charge < -0.3 is 16.0 Å². The topological polar surface area (TPSA) is 109 Å². The average Bonchev–Trinajstić information content (AvgIpc) is 2.78. The number of aromatic nitrogens is 2. The first-order valence-corrected chi connectivity index (χ1v) is 10.8. The molecule has 0 unspecified atom stereocenters. The van der Waals surface area contributed by atoms with E-state index in [1.165, 1.54) is 12.4 Å². The number of hydrogen-bond acceptors (Lipinski definition) is 6. The number of urea groups is 1. The van der Waals surface area contributed by atoms with Crippen LogP contribution in [0.4, 0.5) is 26.5 Å². The van der Waals surface area contributed by atoms with Gasteiger partial charge in [0.05, 0.1) is 11.4 Å². The van der Waals surface area contributed by atoms with E-state index in [1.807, 2.05) is 19.1 Å². The minimum atomic E-state index is -0.458. The van der Waals surface area contributed by atoms with E-state index in [9.17, 15) is 9.18 Å². The monoisotopic (exact) mass is 443 g/mol. The summed E-state index contributed by atoms with van der Waals surface area (Å²) in [5.41, 5.74) is 7.91. The summed E-state index contributed by atoms with van der Waals surface area (Å²) in [6.45, 7) is 5.99. The van der Waals surface area contributed by atoms with Gasteiger partial charge in [-0.15, -0.1) is 0 Å². The highest BCUT2D eigenvalue weighted by Crippen LogP contribution is 2.29. The van der Waals surface area contributed by atoms with E-state index in [-0.39, 0.29) is 8.67 Å². The Morgan fingerprint density at radius 3 is 2.84 bits per heavy atom. The van der Waals surface area contributed by atoms with Gasteiger partial charge in [-0.2, -0.15) is 0 Å². The van der Waals surface area contributed by atoms with Crippen molar-refractivity contribution in [1.82, 2.24) is 15.3 Å². The number of aliphatic imine (C=N–C) groups is 1. The number of carbonyl (C=O) groups excluding carboxylic acids is 1. The number of nitrogens with two attached hydrogens (primary N) is 1. The fraction of sp³-hybridized carbons (Fsp3) is 0.391. The van der Waals surface area contributed by atoms with Crippen molar-refractivity contribution in [3.05, 3.63) is 53.7 Å². The van der Waals surface area contributed by atoms with Gasteiger partial charge in [-0.25, -0.2) is 24.1 Å². The summed E-state index contributed by atoms with van der Waals surface area (Å²) in [6, 6.07) is 5.17. The van der Waals surface area contributed by atoms with E-state index in [1.54, 1.807) is 25.3 Å². The molecule has 2 aromatic rings. The van der Waals surface area contributed by atoms with E-state index in [4.69, 9.17) is 5.73 Å². The quantitative estimate of drug-likeness (QED) is 0.556. The smallest absolute Gasteiger partial charge is 0.320 e. The Morgan fingerprint density at radius 1 is 1.38 bits per heavy atom. The van der Waals surface area contributed by atoms with Crippen molar-refractivity contribution in [3.8, 4) is 0 Å². The maximum absolute atomic E-state index is 14.8. The zero-order valence-corrected chi connectivity index (χ0v) is 18.5. The summed E-state index contributed by atoms with van der Waals surface area (Å²) >= 11 is 0.